The van der Waals surface area contributed by atoms with Crippen molar-refractivity contribution in [2.75, 3.05) is 37.6 Å². The number of piperidine rings is 1. The first-order valence-corrected chi connectivity index (χ1v) is 13.6. The fourth-order valence-corrected chi connectivity index (χ4v) is 6.05. The molecule has 2 aliphatic rings. The Kier molecular flexibility index (Phi) is 8.08. The number of imidazole rings is 1. The summed E-state index contributed by atoms with van der Waals surface area (Å²) in [6.45, 7) is 8.14. The molecule has 0 aliphatic carbocycles. The van der Waals surface area contributed by atoms with Crippen molar-refractivity contribution in [1.82, 2.24) is 24.8 Å². The van der Waals surface area contributed by atoms with E-state index < -0.39 is 5.97 Å². The number of benzene rings is 1. The third-order valence-electron chi connectivity index (χ3n) is 7.68. The predicted octanol–water partition coefficient (Wildman–Crippen LogP) is 4.78. The number of halogens is 1. The standard InChI is InChI=1S/C28H35ClN6O2/c1-2-3-24-19-34(27-25(29)16-22(17-32-27)26-30-10-11-31-26)14-15-35(24)23-8-12-33(13-9-23)18-20-4-6-21(7-5-20)28(36)37/h4-7,10-11,16-17,23-24H,2-3,8-9,12-15,18-19H2,1H3,(H,30,31)(H,36,37)/t24-/m0/s1. The quantitative estimate of drug-likeness (QED) is 0.440. The maximum absolute atomic E-state index is 11.1. The van der Waals surface area contributed by atoms with E-state index in [2.05, 4.69) is 31.6 Å². The molecule has 0 saturated carbocycles. The van der Waals surface area contributed by atoms with Gasteiger partial charge in [-0.15, -0.1) is 0 Å². The molecule has 0 amide bonds. The number of nitrogens with one attached hydrogen (secondary N) is 1. The summed E-state index contributed by atoms with van der Waals surface area (Å²) in [6, 6.07) is 10.3. The van der Waals surface area contributed by atoms with Gasteiger partial charge in [-0.25, -0.2) is 14.8 Å². The van der Waals surface area contributed by atoms with Crippen LogP contribution in [-0.2, 0) is 6.54 Å². The molecule has 0 unspecified atom stereocenters. The smallest absolute Gasteiger partial charge is 0.335 e. The molecule has 37 heavy (non-hydrogen) atoms. The number of carboxylic acids is 1. The van der Waals surface area contributed by atoms with Gasteiger partial charge in [0.15, 0.2) is 0 Å². The van der Waals surface area contributed by atoms with E-state index in [1.807, 2.05) is 24.4 Å². The normalized spacial score (nSPS) is 19.8. The Bertz CT molecular complexity index is 1180. The molecule has 196 valence electrons. The number of aromatic carboxylic acids is 1. The second kappa shape index (κ2) is 11.6. The van der Waals surface area contributed by atoms with Crippen molar-refractivity contribution in [1.29, 1.82) is 0 Å². The summed E-state index contributed by atoms with van der Waals surface area (Å²) < 4.78 is 0. The molecule has 5 rings (SSSR count). The van der Waals surface area contributed by atoms with Gasteiger partial charge in [0, 0.05) is 62.4 Å². The number of carbonyl (C=O) groups is 1. The lowest BCUT2D eigenvalue weighted by molar-refractivity contribution is 0.0589. The Labute approximate surface area is 223 Å². The Morgan fingerprint density at radius 1 is 1.14 bits per heavy atom. The van der Waals surface area contributed by atoms with Gasteiger partial charge < -0.3 is 15.0 Å². The molecule has 0 spiro atoms. The van der Waals surface area contributed by atoms with Crippen molar-refractivity contribution in [3.63, 3.8) is 0 Å². The number of nitrogens with zero attached hydrogens (tertiary/aromatic N) is 5. The lowest BCUT2D eigenvalue weighted by Crippen LogP contribution is -2.58. The van der Waals surface area contributed by atoms with Crippen molar-refractivity contribution in [2.45, 2.75) is 51.2 Å². The Morgan fingerprint density at radius 2 is 1.92 bits per heavy atom. The molecule has 1 aromatic carbocycles. The van der Waals surface area contributed by atoms with Gasteiger partial charge in [0.25, 0.3) is 0 Å². The SMILES string of the molecule is CCC[C@H]1CN(c2ncc(-c3ncc[nH]3)cc2Cl)CCN1C1CCN(Cc2ccc(C(=O)O)cc2)CC1. The molecule has 0 bridgehead atoms. The molecule has 2 fully saturated rings. The van der Waals surface area contributed by atoms with Crippen molar-refractivity contribution in [3.8, 4) is 11.4 Å². The zero-order chi connectivity index (χ0) is 25.8. The van der Waals surface area contributed by atoms with Crippen LogP contribution in [0.3, 0.4) is 0 Å². The molecule has 3 aromatic rings. The zero-order valence-electron chi connectivity index (χ0n) is 21.3. The molecule has 9 heteroatoms. The van der Waals surface area contributed by atoms with Crippen LogP contribution >= 0.6 is 11.6 Å². The molecule has 4 heterocycles. The minimum atomic E-state index is -0.877. The topological polar surface area (TPSA) is 88.6 Å². The molecular formula is C28H35ClN6O2. The molecule has 2 saturated heterocycles. The maximum atomic E-state index is 11.1. The molecule has 8 nitrogen and oxygen atoms in total. The summed E-state index contributed by atoms with van der Waals surface area (Å²) in [5.41, 5.74) is 2.41. The van der Waals surface area contributed by atoms with E-state index in [9.17, 15) is 4.79 Å². The highest BCUT2D eigenvalue weighted by Gasteiger charge is 2.34. The number of anilines is 1. The Morgan fingerprint density at radius 3 is 2.57 bits per heavy atom. The highest BCUT2D eigenvalue weighted by molar-refractivity contribution is 6.33. The highest BCUT2D eigenvalue weighted by atomic mass is 35.5. The number of carboxylic acid groups (broad SMARTS) is 1. The first kappa shape index (κ1) is 25.7. The van der Waals surface area contributed by atoms with E-state index in [-0.39, 0.29) is 0 Å². The van der Waals surface area contributed by atoms with Gasteiger partial charge in [0.05, 0.1) is 10.6 Å². The van der Waals surface area contributed by atoms with Crippen molar-refractivity contribution in [2.24, 2.45) is 0 Å². The van der Waals surface area contributed by atoms with E-state index >= 15 is 0 Å². The molecule has 2 aromatic heterocycles. The van der Waals surface area contributed by atoms with Crippen molar-refractivity contribution >= 4 is 23.4 Å². The summed E-state index contributed by atoms with van der Waals surface area (Å²) >= 11 is 6.70. The van der Waals surface area contributed by atoms with Crippen LogP contribution in [0.15, 0.2) is 48.9 Å². The van der Waals surface area contributed by atoms with Crippen LogP contribution in [0, 0.1) is 0 Å². The monoisotopic (exact) mass is 522 g/mol. The van der Waals surface area contributed by atoms with E-state index in [0.29, 0.717) is 22.7 Å². The fraction of sp³-hybridized carbons (Fsp3) is 0.464. The van der Waals surface area contributed by atoms with Crippen LogP contribution in [0.25, 0.3) is 11.4 Å². The van der Waals surface area contributed by atoms with Crippen LogP contribution in [0.5, 0.6) is 0 Å². The molecule has 0 radical (unpaired) electrons. The zero-order valence-corrected chi connectivity index (χ0v) is 22.1. The molecule has 1 atom stereocenters. The summed E-state index contributed by atoms with van der Waals surface area (Å²) in [5, 5.41) is 9.79. The van der Waals surface area contributed by atoms with Gasteiger partial charge in [0.1, 0.15) is 11.6 Å². The number of hydrogen-bond acceptors (Lipinski definition) is 6. The number of pyridine rings is 1. The van der Waals surface area contributed by atoms with E-state index in [4.69, 9.17) is 21.7 Å². The second-order valence-corrected chi connectivity index (χ2v) is 10.5. The number of rotatable bonds is 8. The van der Waals surface area contributed by atoms with Gasteiger partial charge in [-0.05, 0) is 56.1 Å². The minimum Gasteiger partial charge on any atom is -0.478 e. The van der Waals surface area contributed by atoms with Gasteiger partial charge in [0.2, 0.25) is 0 Å². The van der Waals surface area contributed by atoms with Crippen LogP contribution in [0.4, 0.5) is 5.82 Å². The first-order valence-electron chi connectivity index (χ1n) is 13.2. The van der Waals surface area contributed by atoms with E-state index in [1.54, 1.807) is 24.5 Å². The lowest BCUT2D eigenvalue weighted by atomic mass is 9.97. The molecule has 2 N–H and O–H groups in total. The number of aromatic nitrogens is 3. The summed E-state index contributed by atoms with van der Waals surface area (Å²) in [6.07, 6.45) is 10.0. The largest absolute Gasteiger partial charge is 0.478 e. The average molecular weight is 523 g/mol. The maximum Gasteiger partial charge on any atom is 0.335 e. The van der Waals surface area contributed by atoms with Gasteiger partial charge in [-0.2, -0.15) is 0 Å². The van der Waals surface area contributed by atoms with Gasteiger partial charge in [-0.3, -0.25) is 9.80 Å². The molecular weight excluding hydrogens is 488 g/mol. The van der Waals surface area contributed by atoms with E-state index in [1.165, 1.54) is 5.56 Å². The number of H-pyrrole nitrogens is 1. The third-order valence-corrected chi connectivity index (χ3v) is 7.95. The Balaban J connectivity index is 1.18. The summed E-state index contributed by atoms with van der Waals surface area (Å²) in [4.78, 5) is 30.8. The average Bonchev–Trinajstić information content (AvgIpc) is 3.45. The van der Waals surface area contributed by atoms with Crippen LogP contribution in [-0.4, -0.2) is 80.6 Å². The lowest BCUT2D eigenvalue weighted by Gasteiger charge is -2.48. The predicted molar refractivity (Wildman–Crippen MR) is 146 cm³/mol. The fourth-order valence-electron chi connectivity index (χ4n) is 5.77. The van der Waals surface area contributed by atoms with Crippen molar-refractivity contribution < 1.29 is 9.90 Å². The Hall–Kier alpha value is -2.94. The summed E-state index contributed by atoms with van der Waals surface area (Å²) in [5.74, 6) is 0.762. The van der Waals surface area contributed by atoms with Crippen LogP contribution in [0.2, 0.25) is 5.02 Å². The molecule has 2 aliphatic heterocycles. The van der Waals surface area contributed by atoms with Crippen LogP contribution in [0.1, 0.15) is 48.5 Å². The number of hydrogen-bond donors (Lipinski definition) is 2. The van der Waals surface area contributed by atoms with Crippen LogP contribution < -0.4 is 4.90 Å². The summed E-state index contributed by atoms with van der Waals surface area (Å²) in [7, 11) is 0. The first-order chi connectivity index (χ1) is 18.0. The minimum absolute atomic E-state index is 0.341. The highest BCUT2D eigenvalue weighted by Crippen LogP contribution is 2.31. The van der Waals surface area contributed by atoms with E-state index in [0.717, 1.165) is 82.2 Å². The van der Waals surface area contributed by atoms with Gasteiger partial charge in [-0.1, -0.05) is 37.1 Å². The number of aromatic amines is 1. The van der Waals surface area contributed by atoms with Gasteiger partial charge >= 0.3 is 5.97 Å². The van der Waals surface area contributed by atoms with Crippen molar-refractivity contribution in [3.05, 3.63) is 65.1 Å². The third kappa shape index (κ3) is 5.98. The second-order valence-electron chi connectivity index (χ2n) is 10.1. The number of likely N-dealkylation sites (tertiary alicyclic amines) is 1. The number of piperazine rings is 1.